The average Bonchev–Trinajstić information content (AvgIpc) is 4.04. The molecule has 2 nitrogen and oxygen atoms in total. The van der Waals surface area contributed by atoms with Gasteiger partial charge >= 0.3 is 0 Å². The molecule has 15 rings (SSSR count). The smallest absolute Gasteiger partial charge is 0.143 e. The molecule has 0 radical (unpaired) electrons. The average molecular weight is 876 g/mol. The van der Waals surface area contributed by atoms with Crippen LogP contribution in [0.15, 0.2) is 253 Å². The quantitative estimate of drug-likeness (QED) is 0.160. The van der Waals surface area contributed by atoms with Crippen LogP contribution in [0.1, 0.15) is 22.3 Å². The molecule has 69 heavy (non-hydrogen) atoms. The molecule has 0 atom stereocenters. The van der Waals surface area contributed by atoms with Gasteiger partial charge < -0.3 is 9.32 Å². The molecule has 2 heteroatoms. The molecule has 0 N–H and O–H groups in total. The van der Waals surface area contributed by atoms with Gasteiger partial charge in [-0.3, -0.25) is 0 Å². The molecule has 320 valence electrons. The van der Waals surface area contributed by atoms with E-state index in [9.17, 15) is 0 Å². The standard InChI is InChI=1S/C67H41NO/c1-2-18-45-41-64-57(40-44(45)17-1)55-27-14-26-54(66(55)69-64)53-22-8-12-32-62(53)68(46-37-34-43(35-38-46)48-24-13-25-49-47-19-4-3-16-42(47)36-39-50(48)49)63-33-15-31-61-65(63)56-23-7-11-30-60(56)67(61)58-28-9-5-20-51(58)52-21-6-10-29-59(52)67/h1-41H. The maximum atomic E-state index is 6.95. The summed E-state index contributed by atoms with van der Waals surface area (Å²) in [6.45, 7) is 0. The van der Waals surface area contributed by atoms with E-state index in [0.29, 0.717) is 0 Å². The molecule has 2 aliphatic rings. The van der Waals surface area contributed by atoms with Gasteiger partial charge in [-0.15, -0.1) is 0 Å². The van der Waals surface area contributed by atoms with Gasteiger partial charge in [0, 0.05) is 33.2 Å². The molecule has 2 aliphatic carbocycles. The summed E-state index contributed by atoms with van der Waals surface area (Å²) in [5.74, 6) is 0. The highest BCUT2D eigenvalue weighted by Gasteiger charge is 2.52. The predicted molar refractivity (Wildman–Crippen MR) is 288 cm³/mol. The van der Waals surface area contributed by atoms with Crippen molar-refractivity contribution in [1.82, 2.24) is 0 Å². The van der Waals surface area contributed by atoms with Gasteiger partial charge in [0.05, 0.1) is 16.8 Å². The summed E-state index contributed by atoms with van der Waals surface area (Å²) in [5.41, 5.74) is 19.5. The largest absolute Gasteiger partial charge is 0.455 e. The van der Waals surface area contributed by atoms with Crippen LogP contribution in [-0.2, 0) is 5.41 Å². The first-order valence-corrected chi connectivity index (χ1v) is 23.9. The molecule has 0 fully saturated rings. The van der Waals surface area contributed by atoms with Gasteiger partial charge in [-0.2, -0.15) is 0 Å². The maximum absolute atomic E-state index is 6.95. The van der Waals surface area contributed by atoms with Gasteiger partial charge in [-0.25, -0.2) is 0 Å². The van der Waals surface area contributed by atoms with Crippen LogP contribution in [0.3, 0.4) is 0 Å². The zero-order chi connectivity index (χ0) is 45.2. The summed E-state index contributed by atoms with van der Waals surface area (Å²) >= 11 is 0. The van der Waals surface area contributed by atoms with Crippen molar-refractivity contribution in [2.24, 2.45) is 0 Å². The van der Waals surface area contributed by atoms with E-state index in [2.05, 4.69) is 254 Å². The summed E-state index contributed by atoms with van der Waals surface area (Å²) in [4.78, 5) is 2.51. The Bertz CT molecular complexity index is 4220. The fourth-order valence-corrected chi connectivity index (χ4v) is 12.4. The van der Waals surface area contributed by atoms with Gasteiger partial charge in [-0.1, -0.05) is 212 Å². The molecule has 0 aliphatic heterocycles. The summed E-state index contributed by atoms with van der Waals surface area (Å²) in [6.07, 6.45) is 0. The van der Waals surface area contributed by atoms with Crippen molar-refractivity contribution < 1.29 is 4.42 Å². The summed E-state index contributed by atoms with van der Waals surface area (Å²) < 4.78 is 6.95. The third kappa shape index (κ3) is 5.31. The Hall–Kier alpha value is -8.98. The minimum absolute atomic E-state index is 0.480. The fraction of sp³-hybridized carbons (Fsp3) is 0.0149. The summed E-state index contributed by atoms with van der Waals surface area (Å²) in [6, 6.07) is 91.9. The lowest BCUT2D eigenvalue weighted by atomic mass is 9.70. The topological polar surface area (TPSA) is 16.4 Å². The predicted octanol–water partition coefficient (Wildman–Crippen LogP) is 18.2. The Morgan fingerprint density at radius 2 is 0.841 bits per heavy atom. The van der Waals surface area contributed by atoms with Crippen LogP contribution in [-0.4, -0.2) is 0 Å². The number of furan rings is 1. The van der Waals surface area contributed by atoms with Crippen molar-refractivity contribution in [2.75, 3.05) is 4.90 Å². The maximum Gasteiger partial charge on any atom is 0.143 e. The lowest BCUT2D eigenvalue weighted by Gasteiger charge is -2.32. The normalized spacial score (nSPS) is 13.0. The van der Waals surface area contributed by atoms with Crippen molar-refractivity contribution in [1.29, 1.82) is 0 Å². The third-order valence-corrected chi connectivity index (χ3v) is 15.3. The molecule has 0 unspecified atom stereocenters. The Morgan fingerprint density at radius 3 is 1.61 bits per heavy atom. The molecular weight excluding hydrogens is 835 g/mol. The first-order chi connectivity index (χ1) is 34.2. The van der Waals surface area contributed by atoms with Gasteiger partial charge in [-0.05, 0) is 119 Å². The second-order valence-corrected chi connectivity index (χ2v) is 18.7. The number of para-hydroxylation sites is 2. The molecule has 0 saturated heterocycles. The number of hydrogen-bond acceptors (Lipinski definition) is 2. The number of benzene rings is 12. The van der Waals surface area contributed by atoms with Crippen molar-refractivity contribution in [3.63, 3.8) is 0 Å². The Kier molecular flexibility index (Phi) is 8.02. The van der Waals surface area contributed by atoms with E-state index in [-0.39, 0.29) is 0 Å². The summed E-state index contributed by atoms with van der Waals surface area (Å²) in [7, 11) is 0. The van der Waals surface area contributed by atoms with Crippen molar-refractivity contribution in [3.8, 4) is 44.5 Å². The second-order valence-electron chi connectivity index (χ2n) is 18.7. The van der Waals surface area contributed by atoms with Crippen molar-refractivity contribution in [2.45, 2.75) is 5.41 Å². The molecule has 1 heterocycles. The van der Waals surface area contributed by atoms with Gasteiger partial charge in [0.1, 0.15) is 11.2 Å². The molecule has 12 aromatic carbocycles. The van der Waals surface area contributed by atoms with E-state index in [1.54, 1.807) is 0 Å². The van der Waals surface area contributed by atoms with Crippen molar-refractivity contribution >= 4 is 71.3 Å². The molecule has 0 saturated carbocycles. The van der Waals surface area contributed by atoms with E-state index in [4.69, 9.17) is 4.42 Å². The van der Waals surface area contributed by atoms with E-state index < -0.39 is 5.41 Å². The number of nitrogens with zero attached hydrogens (tertiary/aromatic N) is 1. The minimum Gasteiger partial charge on any atom is -0.455 e. The first-order valence-electron chi connectivity index (χ1n) is 23.9. The SMILES string of the molecule is c1ccc(N(c2ccc(-c3cccc4c3ccc3ccccc34)cc2)c2cccc3c2-c2ccccc2C32c3ccccc3-c3ccccc32)c(-c2cccc3c2oc2cc4ccccc4cc23)c1. The highest BCUT2D eigenvalue weighted by atomic mass is 16.3. The van der Waals surface area contributed by atoms with E-state index in [1.807, 2.05) is 0 Å². The highest BCUT2D eigenvalue weighted by molar-refractivity contribution is 6.15. The van der Waals surface area contributed by atoms with E-state index in [1.165, 1.54) is 88.0 Å². The lowest BCUT2D eigenvalue weighted by molar-refractivity contribution is 0.670. The number of hydrogen-bond donors (Lipinski definition) is 0. The van der Waals surface area contributed by atoms with Crippen LogP contribution in [0, 0.1) is 0 Å². The zero-order valence-corrected chi connectivity index (χ0v) is 37.5. The monoisotopic (exact) mass is 875 g/mol. The molecule has 1 aromatic heterocycles. The number of anilines is 3. The Balaban J connectivity index is 0.986. The van der Waals surface area contributed by atoms with E-state index >= 15 is 0 Å². The number of rotatable bonds is 5. The zero-order valence-electron chi connectivity index (χ0n) is 37.5. The fourth-order valence-electron chi connectivity index (χ4n) is 12.4. The minimum atomic E-state index is -0.480. The third-order valence-electron chi connectivity index (χ3n) is 15.3. The van der Waals surface area contributed by atoms with Crippen LogP contribution in [0.4, 0.5) is 17.1 Å². The van der Waals surface area contributed by atoms with Crippen LogP contribution in [0.2, 0.25) is 0 Å². The molecular formula is C67H41NO. The van der Waals surface area contributed by atoms with Crippen LogP contribution >= 0.6 is 0 Å². The highest BCUT2D eigenvalue weighted by Crippen LogP contribution is 2.65. The van der Waals surface area contributed by atoms with E-state index in [0.717, 1.165) is 50.1 Å². The molecule has 0 amide bonds. The Labute approximate surface area is 399 Å². The van der Waals surface area contributed by atoms with Gasteiger partial charge in [0.25, 0.3) is 0 Å². The van der Waals surface area contributed by atoms with Crippen LogP contribution in [0.25, 0.3) is 98.8 Å². The van der Waals surface area contributed by atoms with Crippen LogP contribution < -0.4 is 4.90 Å². The van der Waals surface area contributed by atoms with Crippen LogP contribution in [0.5, 0.6) is 0 Å². The molecule has 0 bridgehead atoms. The van der Waals surface area contributed by atoms with Gasteiger partial charge in [0.2, 0.25) is 0 Å². The lowest BCUT2D eigenvalue weighted by Crippen LogP contribution is -2.26. The number of fused-ring (bicyclic) bond motifs is 17. The first kappa shape index (κ1) is 38.2. The van der Waals surface area contributed by atoms with Gasteiger partial charge in [0.15, 0.2) is 0 Å². The molecule has 13 aromatic rings. The van der Waals surface area contributed by atoms with Crippen molar-refractivity contribution in [3.05, 3.63) is 271 Å². The second kappa shape index (κ2) is 14.5. The summed E-state index contributed by atoms with van der Waals surface area (Å²) in [5, 5.41) is 9.64. The Morgan fingerprint density at radius 1 is 0.304 bits per heavy atom. The molecule has 1 spiro atoms.